The molecule has 0 radical (unpaired) electrons. The van der Waals surface area contributed by atoms with Crippen molar-refractivity contribution in [1.82, 2.24) is 10.2 Å². The van der Waals surface area contributed by atoms with Crippen LogP contribution in [0.5, 0.6) is 0 Å². The van der Waals surface area contributed by atoms with Crippen LogP contribution in [0.15, 0.2) is 0 Å². The summed E-state index contributed by atoms with van der Waals surface area (Å²) in [6, 6.07) is -0.896. The highest BCUT2D eigenvalue weighted by Gasteiger charge is 2.31. The minimum absolute atomic E-state index is 0.101. The maximum Gasteiger partial charge on any atom is 0.242 e. The Morgan fingerprint density at radius 3 is 2.81 bits per heavy atom. The number of carbonyl (C=O) groups excluding carboxylic acids is 2. The van der Waals surface area contributed by atoms with Crippen LogP contribution < -0.4 is 11.1 Å². The molecule has 2 atom stereocenters. The molecule has 1 aliphatic rings. The Morgan fingerprint density at radius 1 is 1.62 bits per heavy atom. The highest BCUT2D eigenvalue weighted by Crippen LogP contribution is 2.10. The Hall–Kier alpha value is -1.10. The van der Waals surface area contributed by atoms with Gasteiger partial charge in [0.2, 0.25) is 11.8 Å². The highest BCUT2D eigenvalue weighted by molar-refractivity contribution is 5.90. The lowest BCUT2D eigenvalue weighted by atomic mass is 10.0. The van der Waals surface area contributed by atoms with Gasteiger partial charge in [0.25, 0.3) is 0 Å². The van der Waals surface area contributed by atoms with Gasteiger partial charge in [0.15, 0.2) is 0 Å². The summed E-state index contributed by atoms with van der Waals surface area (Å²) in [6.45, 7) is 6.86. The molecule has 16 heavy (non-hydrogen) atoms. The van der Waals surface area contributed by atoms with E-state index < -0.39 is 12.1 Å². The fraction of sp³-hybridized carbons (Fsp3) is 0.818. The molecule has 1 fully saturated rings. The van der Waals surface area contributed by atoms with Crippen molar-refractivity contribution in [3.05, 3.63) is 0 Å². The number of hydrogen-bond acceptors (Lipinski definition) is 3. The molecule has 0 aliphatic carbocycles. The van der Waals surface area contributed by atoms with Crippen LogP contribution in [0.25, 0.3) is 0 Å². The highest BCUT2D eigenvalue weighted by atomic mass is 16.2. The van der Waals surface area contributed by atoms with Crippen LogP contribution in [0.1, 0.15) is 27.2 Å². The molecule has 92 valence electrons. The summed E-state index contributed by atoms with van der Waals surface area (Å²) in [6.07, 6.45) is 0.656. The Labute approximate surface area is 96.4 Å². The van der Waals surface area contributed by atoms with Gasteiger partial charge in [-0.2, -0.15) is 0 Å². The van der Waals surface area contributed by atoms with E-state index >= 15 is 0 Å². The van der Waals surface area contributed by atoms with E-state index in [0.29, 0.717) is 25.4 Å². The first kappa shape index (κ1) is 13.0. The summed E-state index contributed by atoms with van der Waals surface area (Å²) in [5.41, 5.74) is 5.83. The molecule has 5 nitrogen and oxygen atoms in total. The van der Waals surface area contributed by atoms with E-state index in [0.717, 1.165) is 0 Å². The van der Waals surface area contributed by atoms with Gasteiger partial charge in [-0.15, -0.1) is 0 Å². The van der Waals surface area contributed by atoms with Gasteiger partial charge in [-0.25, -0.2) is 0 Å². The second kappa shape index (κ2) is 5.30. The van der Waals surface area contributed by atoms with Gasteiger partial charge in [0.1, 0.15) is 6.04 Å². The van der Waals surface area contributed by atoms with E-state index in [-0.39, 0.29) is 11.8 Å². The average Bonchev–Trinajstić information content (AvgIpc) is 2.20. The molecule has 5 heteroatoms. The van der Waals surface area contributed by atoms with Gasteiger partial charge in [-0.05, 0) is 19.3 Å². The lowest BCUT2D eigenvalue weighted by Crippen LogP contribution is -2.59. The van der Waals surface area contributed by atoms with Crippen molar-refractivity contribution in [3.63, 3.8) is 0 Å². The van der Waals surface area contributed by atoms with Crippen molar-refractivity contribution < 1.29 is 9.59 Å². The molecule has 0 aromatic carbocycles. The van der Waals surface area contributed by atoms with Crippen molar-refractivity contribution in [2.75, 3.05) is 13.1 Å². The predicted octanol–water partition coefficient (Wildman–Crippen LogP) is -0.293. The first-order chi connectivity index (χ1) is 7.43. The van der Waals surface area contributed by atoms with E-state index in [2.05, 4.69) is 5.32 Å². The number of carbonyl (C=O) groups is 2. The number of hydrogen-bond donors (Lipinski definition) is 2. The normalized spacial score (nSPS) is 23.2. The zero-order chi connectivity index (χ0) is 12.3. The van der Waals surface area contributed by atoms with Crippen LogP contribution in [0.4, 0.5) is 0 Å². The minimum atomic E-state index is -0.492. The van der Waals surface area contributed by atoms with Crippen molar-refractivity contribution in [2.24, 2.45) is 11.7 Å². The molecule has 3 N–H and O–H groups in total. The number of nitrogens with zero attached hydrogens (tertiary/aromatic N) is 1. The minimum Gasteiger partial charge on any atom is -0.353 e. The maximum atomic E-state index is 12.0. The summed E-state index contributed by atoms with van der Waals surface area (Å²) in [5.74, 6) is 0.167. The number of amides is 2. The molecule has 0 aromatic heterocycles. The topological polar surface area (TPSA) is 75.4 Å². The van der Waals surface area contributed by atoms with Crippen LogP contribution in [0.3, 0.4) is 0 Å². The van der Waals surface area contributed by atoms with E-state index in [9.17, 15) is 9.59 Å². The number of rotatable bonds is 3. The van der Waals surface area contributed by atoms with Crippen LogP contribution in [-0.2, 0) is 9.59 Å². The van der Waals surface area contributed by atoms with Gasteiger partial charge >= 0.3 is 0 Å². The second-order valence-corrected chi connectivity index (χ2v) is 4.73. The van der Waals surface area contributed by atoms with E-state index in [1.807, 2.05) is 13.8 Å². The summed E-state index contributed by atoms with van der Waals surface area (Å²) in [5, 5.41) is 2.72. The van der Waals surface area contributed by atoms with Gasteiger partial charge in [-0.3, -0.25) is 9.59 Å². The van der Waals surface area contributed by atoms with Gasteiger partial charge in [0.05, 0.1) is 6.04 Å². The molecule has 1 aliphatic heterocycles. The zero-order valence-electron chi connectivity index (χ0n) is 10.2. The molecular formula is C11H21N3O2. The lowest BCUT2D eigenvalue weighted by Gasteiger charge is -2.34. The average molecular weight is 227 g/mol. The molecule has 2 amide bonds. The van der Waals surface area contributed by atoms with Crippen LogP contribution in [0.2, 0.25) is 0 Å². The first-order valence-electron chi connectivity index (χ1n) is 5.77. The Bertz CT molecular complexity index is 278. The fourth-order valence-corrected chi connectivity index (χ4v) is 1.91. The predicted molar refractivity (Wildman–Crippen MR) is 61.6 cm³/mol. The molecule has 1 heterocycles. The molecule has 0 saturated carbocycles. The largest absolute Gasteiger partial charge is 0.353 e. The third-order valence-electron chi connectivity index (χ3n) is 2.82. The third kappa shape index (κ3) is 2.95. The number of piperazine rings is 1. The van der Waals surface area contributed by atoms with Crippen LogP contribution in [0, 0.1) is 5.92 Å². The molecular weight excluding hydrogens is 206 g/mol. The molecule has 1 saturated heterocycles. The van der Waals surface area contributed by atoms with E-state index in [1.54, 1.807) is 11.8 Å². The van der Waals surface area contributed by atoms with Crippen LogP contribution in [-0.4, -0.2) is 41.9 Å². The standard InChI is InChI=1S/C11H21N3O2/c1-7(2)6-9(12)11(16)14-5-4-13-10(15)8(14)3/h7-9H,4-6,12H2,1-3H3,(H,13,15)/t8?,9-/m0/s1. The Balaban J connectivity index is 2.61. The van der Waals surface area contributed by atoms with Gasteiger partial charge < -0.3 is 16.0 Å². The molecule has 0 aromatic rings. The smallest absolute Gasteiger partial charge is 0.242 e. The summed E-state index contributed by atoms with van der Waals surface area (Å²) < 4.78 is 0. The quantitative estimate of drug-likeness (QED) is 0.695. The zero-order valence-corrected chi connectivity index (χ0v) is 10.2. The second-order valence-electron chi connectivity index (χ2n) is 4.73. The molecule has 0 spiro atoms. The number of nitrogens with two attached hydrogens (primary N) is 1. The van der Waals surface area contributed by atoms with Crippen LogP contribution >= 0.6 is 0 Å². The maximum absolute atomic E-state index is 12.0. The van der Waals surface area contributed by atoms with E-state index in [4.69, 9.17) is 5.73 Å². The van der Waals surface area contributed by atoms with Gasteiger partial charge in [0, 0.05) is 13.1 Å². The summed E-state index contributed by atoms with van der Waals surface area (Å²) >= 11 is 0. The van der Waals surface area contributed by atoms with Gasteiger partial charge in [-0.1, -0.05) is 13.8 Å². The fourth-order valence-electron chi connectivity index (χ4n) is 1.91. The van der Waals surface area contributed by atoms with Crippen molar-refractivity contribution in [2.45, 2.75) is 39.3 Å². The van der Waals surface area contributed by atoms with Crippen molar-refractivity contribution in [3.8, 4) is 0 Å². The van der Waals surface area contributed by atoms with Crippen molar-refractivity contribution >= 4 is 11.8 Å². The molecule has 1 rings (SSSR count). The van der Waals surface area contributed by atoms with Crippen molar-refractivity contribution in [1.29, 1.82) is 0 Å². The third-order valence-corrected chi connectivity index (χ3v) is 2.82. The first-order valence-corrected chi connectivity index (χ1v) is 5.77. The SMILES string of the molecule is CC(C)C[C@H](N)C(=O)N1CCNC(=O)C1C. The monoisotopic (exact) mass is 227 g/mol. The molecule has 1 unspecified atom stereocenters. The lowest BCUT2D eigenvalue weighted by molar-refractivity contribution is -0.143. The number of nitrogens with one attached hydrogen (secondary N) is 1. The summed E-state index contributed by atoms with van der Waals surface area (Å²) in [4.78, 5) is 25.0. The Morgan fingerprint density at radius 2 is 2.25 bits per heavy atom. The Kier molecular flexibility index (Phi) is 4.29. The summed E-state index contributed by atoms with van der Waals surface area (Å²) in [7, 11) is 0. The van der Waals surface area contributed by atoms with E-state index in [1.165, 1.54) is 0 Å². The molecule has 0 bridgehead atoms.